The van der Waals surface area contributed by atoms with Gasteiger partial charge in [-0.1, -0.05) is 52.1 Å². The first-order valence-corrected chi connectivity index (χ1v) is 4.41. The van der Waals surface area contributed by atoms with Crippen molar-refractivity contribution in [2.24, 2.45) is 0 Å². The molecule has 0 radical (unpaired) electrons. The van der Waals surface area contributed by atoms with Crippen molar-refractivity contribution in [3.63, 3.8) is 0 Å². The van der Waals surface area contributed by atoms with E-state index in [9.17, 15) is 0 Å². The van der Waals surface area contributed by atoms with Gasteiger partial charge in [0.1, 0.15) is 7.28 Å². The third kappa shape index (κ3) is 6.21. The minimum absolute atomic E-state index is 0.354. The maximum absolute atomic E-state index is 2.29. The molecule has 0 heterocycles. The van der Waals surface area contributed by atoms with E-state index in [0.717, 1.165) is 0 Å². The van der Waals surface area contributed by atoms with Crippen molar-refractivity contribution in [3.05, 3.63) is 12.2 Å². The Balaban J connectivity index is 4.13. The number of rotatable bonds is 2. The lowest BCUT2D eigenvalue weighted by Gasteiger charge is -2.27. The zero-order chi connectivity index (χ0) is 9.12. The molecule has 0 spiro atoms. The van der Waals surface area contributed by atoms with Crippen LogP contribution in [0.3, 0.4) is 0 Å². The zero-order valence-corrected chi connectivity index (χ0v) is 8.86. The van der Waals surface area contributed by atoms with Gasteiger partial charge in [0, 0.05) is 0 Å². The first kappa shape index (κ1) is 10.8. The molecule has 0 bridgehead atoms. The molecule has 0 N–H and O–H groups in total. The van der Waals surface area contributed by atoms with Gasteiger partial charge in [0.05, 0.1) is 0 Å². The van der Waals surface area contributed by atoms with Gasteiger partial charge in [0.15, 0.2) is 0 Å². The molecule has 0 rings (SSSR count). The fraction of sp³-hybridized carbons (Fsp3) is 0.800. The quantitative estimate of drug-likeness (QED) is 0.420. The minimum Gasteiger partial charge on any atom is -0.0918 e. The Morgan fingerprint density at radius 2 is 1.45 bits per heavy atom. The lowest BCUT2D eigenvalue weighted by Crippen LogP contribution is -2.19. The maximum Gasteiger partial charge on any atom is 0.138 e. The summed E-state index contributed by atoms with van der Waals surface area (Å²) in [5, 5.41) is 0.788. The average Bonchev–Trinajstić information content (AvgIpc) is 1.55. The molecule has 64 valence electrons. The second-order valence-corrected chi connectivity index (χ2v) is 5.23. The van der Waals surface area contributed by atoms with Crippen molar-refractivity contribution in [1.82, 2.24) is 0 Å². The molecule has 0 aliphatic heterocycles. The van der Waals surface area contributed by atoms with Crippen LogP contribution in [0.15, 0.2) is 12.2 Å². The molecule has 0 aromatic heterocycles. The van der Waals surface area contributed by atoms with Gasteiger partial charge < -0.3 is 0 Å². The van der Waals surface area contributed by atoms with Crippen molar-refractivity contribution in [3.8, 4) is 0 Å². The second kappa shape index (κ2) is 3.47. The van der Waals surface area contributed by atoms with E-state index in [0.29, 0.717) is 10.6 Å². The van der Waals surface area contributed by atoms with Crippen LogP contribution in [-0.4, -0.2) is 7.28 Å². The fourth-order valence-electron chi connectivity index (χ4n) is 1.88. The van der Waals surface area contributed by atoms with Gasteiger partial charge in [-0.05, 0) is 12.2 Å². The molecule has 0 aliphatic rings. The highest BCUT2D eigenvalue weighted by atomic mass is 14.1. The van der Waals surface area contributed by atoms with Crippen molar-refractivity contribution in [2.75, 3.05) is 0 Å². The average molecular weight is 152 g/mol. The Bertz CT molecular complexity index is 137. The highest BCUT2D eigenvalue weighted by molar-refractivity contribution is 6.44. The molecule has 0 aromatic carbocycles. The van der Waals surface area contributed by atoms with Crippen LogP contribution >= 0.6 is 0 Å². The smallest absolute Gasteiger partial charge is 0.0918 e. The third-order valence-electron chi connectivity index (χ3n) is 1.60. The molecule has 11 heavy (non-hydrogen) atoms. The van der Waals surface area contributed by atoms with Crippen LogP contribution in [0.5, 0.6) is 0 Å². The molecule has 0 nitrogen and oxygen atoms in total. The van der Waals surface area contributed by atoms with Crippen LogP contribution in [0.1, 0.15) is 41.5 Å². The first-order valence-electron chi connectivity index (χ1n) is 4.41. The van der Waals surface area contributed by atoms with Crippen LogP contribution < -0.4 is 0 Å². The third-order valence-corrected chi connectivity index (χ3v) is 1.60. The SMILES string of the molecule is CC=CC(C)(C)BC(C)(C)C. The summed E-state index contributed by atoms with van der Waals surface area (Å²) < 4.78 is 0. The molecule has 0 aliphatic carbocycles. The zero-order valence-electron chi connectivity index (χ0n) is 8.86. The molecule has 0 saturated heterocycles. The number of hydrogen-bond acceptors (Lipinski definition) is 0. The van der Waals surface area contributed by atoms with Gasteiger partial charge in [0.2, 0.25) is 0 Å². The van der Waals surface area contributed by atoms with Crippen LogP contribution in [0, 0.1) is 0 Å². The summed E-state index contributed by atoms with van der Waals surface area (Å²) in [5.41, 5.74) is 0. The topological polar surface area (TPSA) is 0 Å². The molecule has 1 heteroatoms. The van der Waals surface area contributed by atoms with Crippen molar-refractivity contribution in [1.29, 1.82) is 0 Å². The van der Waals surface area contributed by atoms with E-state index in [1.165, 1.54) is 7.28 Å². The van der Waals surface area contributed by atoms with E-state index in [1.807, 2.05) is 0 Å². The number of hydrogen-bond donors (Lipinski definition) is 0. The van der Waals surface area contributed by atoms with E-state index < -0.39 is 0 Å². The minimum atomic E-state index is 0.354. The Morgan fingerprint density at radius 1 is 1.00 bits per heavy atom. The molecular weight excluding hydrogens is 131 g/mol. The summed E-state index contributed by atoms with van der Waals surface area (Å²) in [6, 6.07) is 0. The highest BCUT2D eigenvalue weighted by Gasteiger charge is 2.24. The Labute approximate surface area is 72.3 Å². The Kier molecular flexibility index (Phi) is 3.41. The Morgan fingerprint density at radius 3 is 1.73 bits per heavy atom. The summed E-state index contributed by atoms with van der Waals surface area (Å²) in [5.74, 6) is 0. The molecule has 0 atom stereocenters. The second-order valence-electron chi connectivity index (χ2n) is 5.23. The van der Waals surface area contributed by atoms with E-state index in [4.69, 9.17) is 0 Å². The lowest BCUT2D eigenvalue weighted by molar-refractivity contribution is 0.702. The van der Waals surface area contributed by atoms with Crippen LogP contribution in [0.2, 0.25) is 10.6 Å². The summed E-state index contributed by atoms with van der Waals surface area (Å²) >= 11 is 0. The van der Waals surface area contributed by atoms with Crippen LogP contribution in [0.25, 0.3) is 0 Å². The van der Waals surface area contributed by atoms with Gasteiger partial charge in [-0.3, -0.25) is 0 Å². The highest BCUT2D eigenvalue weighted by Crippen LogP contribution is 2.35. The monoisotopic (exact) mass is 152 g/mol. The first-order chi connectivity index (χ1) is 4.77. The number of allylic oxidation sites excluding steroid dienone is 2. The van der Waals surface area contributed by atoms with Crippen LogP contribution in [-0.2, 0) is 0 Å². The van der Waals surface area contributed by atoms with Crippen LogP contribution in [0.4, 0.5) is 0 Å². The molecule has 0 fully saturated rings. The Hall–Kier alpha value is -0.195. The normalized spacial score (nSPS) is 14.0. The molecular formula is C10H21B. The van der Waals surface area contributed by atoms with Gasteiger partial charge in [-0.15, -0.1) is 0 Å². The fourth-order valence-corrected chi connectivity index (χ4v) is 1.88. The molecule has 0 saturated carbocycles. The molecule has 0 unspecified atom stereocenters. The summed E-state index contributed by atoms with van der Waals surface area (Å²) in [4.78, 5) is 0. The predicted octanol–water partition coefficient (Wildman–Crippen LogP) is 3.42. The lowest BCUT2D eigenvalue weighted by atomic mass is 9.41. The predicted molar refractivity (Wildman–Crippen MR) is 55.7 cm³/mol. The summed E-state index contributed by atoms with van der Waals surface area (Å²) in [6.45, 7) is 13.5. The summed E-state index contributed by atoms with van der Waals surface area (Å²) in [7, 11) is 1.24. The molecule has 0 amide bonds. The van der Waals surface area contributed by atoms with Gasteiger partial charge in [-0.25, -0.2) is 0 Å². The van der Waals surface area contributed by atoms with Gasteiger partial charge in [0.25, 0.3) is 0 Å². The van der Waals surface area contributed by atoms with E-state index in [2.05, 4.69) is 53.7 Å². The van der Waals surface area contributed by atoms with Gasteiger partial charge >= 0.3 is 0 Å². The van der Waals surface area contributed by atoms with Crippen molar-refractivity contribution in [2.45, 2.75) is 52.2 Å². The molecule has 0 aromatic rings. The van der Waals surface area contributed by atoms with E-state index in [-0.39, 0.29) is 0 Å². The largest absolute Gasteiger partial charge is 0.138 e. The van der Waals surface area contributed by atoms with Gasteiger partial charge in [-0.2, -0.15) is 0 Å². The van der Waals surface area contributed by atoms with Crippen molar-refractivity contribution >= 4 is 7.28 Å². The van der Waals surface area contributed by atoms with E-state index >= 15 is 0 Å². The maximum atomic E-state index is 2.29. The standard InChI is InChI=1S/C10H21B/c1-7-8-10(5,6)11-9(2,3)4/h7-8,11H,1-6H3. The van der Waals surface area contributed by atoms with E-state index in [1.54, 1.807) is 0 Å². The summed E-state index contributed by atoms with van der Waals surface area (Å²) in [6.07, 6.45) is 4.43. The van der Waals surface area contributed by atoms with Crippen molar-refractivity contribution < 1.29 is 0 Å².